The van der Waals surface area contributed by atoms with E-state index in [0.29, 0.717) is 12.4 Å². The molecule has 0 fully saturated rings. The van der Waals surface area contributed by atoms with Gasteiger partial charge in [-0.3, -0.25) is 0 Å². The summed E-state index contributed by atoms with van der Waals surface area (Å²) >= 11 is 0. The number of hydrogen-bond donors (Lipinski definition) is 1. The molecule has 4 heteroatoms. The van der Waals surface area contributed by atoms with Crippen LogP contribution in [0.3, 0.4) is 0 Å². The number of carbonyl (C=O) groups is 1. The van der Waals surface area contributed by atoms with E-state index in [1.165, 1.54) is 0 Å². The van der Waals surface area contributed by atoms with Crippen LogP contribution < -0.4 is 5.32 Å². The maximum absolute atomic E-state index is 11.9. The molecule has 0 aromatic heterocycles. The van der Waals surface area contributed by atoms with E-state index < -0.39 is 11.7 Å². The topological polar surface area (TPSA) is 47.6 Å². The maximum atomic E-state index is 11.9. The highest BCUT2D eigenvalue weighted by molar-refractivity contribution is 5.68. The Labute approximate surface area is 133 Å². The molecular weight excluding hydrogens is 278 g/mol. The molecule has 0 saturated heterocycles. The number of amides is 1. The normalized spacial score (nSPS) is 12.6. The number of benzene rings is 1. The summed E-state index contributed by atoms with van der Waals surface area (Å²) in [6.07, 6.45) is -0.462. The van der Waals surface area contributed by atoms with Gasteiger partial charge in [-0.05, 0) is 32.3 Å². The van der Waals surface area contributed by atoms with Crippen LogP contribution in [-0.4, -0.2) is 17.7 Å². The Bertz CT molecular complexity index is 489. The lowest BCUT2D eigenvalue weighted by atomic mass is 10.0. The fraction of sp³-hybridized carbons (Fsp3) is 0.500. The van der Waals surface area contributed by atoms with E-state index in [-0.39, 0.29) is 12.0 Å². The van der Waals surface area contributed by atoms with Crippen molar-refractivity contribution in [1.82, 2.24) is 5.32 Å². The second kappa shape index (κ2) is 7.87. The average Bonchev–Trinajstić information content (AvgIpc) is 2.41. The monoisotopic (exact) mass is 305 g/mol. The first-order valence-corrected chi connectivity index (χ1v) is 7.54. The van der Waals surface area contributed by atoms with E-state index in [0.717, 1.165) is 5.56 Å². The zero-order valence-electron chi connectivity index (χ0n) is 14.2. The van der Waals surface area contributed by atoms with Gasteiger partial charge in [0.15, 0.2) is 0 Å². The smallest absolute Gasteiger partial charge is 0.408 e. The molecule has 0 heterocycles. The summed E-state index contributed by atoms with van der Waals surface area (Å²) in [6.45, 7) is 13.9. The second-order valence-corrected chi connectivity index (χ2v) is 6.61. The summed E-state index contributed by atoms with van der Waals surface area (Å²) in [5.74, 6) is 0.681. The molecule has 1 aromatic carbocycles. The Morgan fingerprint density at radius 3 is 2.32 bits per heavy atom. The molecule has 22 heavy (non-hydrogen) atoms. The van der Waals surface area contributed by atoms with Gasteiger partial charge in [0, 0.05) is 0 Å². The maximum Gasteiger partial charge on any atom is 0.408 e. The predicted molar refractivity (Wildman–Crippen MR) is 88.4 cm³/mol. The molecule has 1 amide bonds. The van der Waals surface area contributed by atoms with Gasteiger partial charge < -0.3 is 14.8 Å². The van der Waals surface area contributed by atoms with Crippen LogP contribution in [0.5, 0.6) is 0 Å². The molecule has 1 unspecified atom stereocenters. The van der Waals surface area contributed by atoms with Crippen molar-refractivity contribution in [3.63, 3.8) is 0 Å². The largest absolute Gasteiger partial charge is 0.492 e. The quantitative estimate of drug-likeness (QED) is 0.799. The van der Waals surface area contributed by atoms with Crippen LogP contribution in [0.4, 0.5) is 4.79 Å². The van der Waals surface area contributed by atoms with E-state index in [4.69, 9.17) is 9.47 Å². The van der Waals surface area contributed by atoms with Crippen molar-refractivity contribution in [3.05, 3.63) is 48.2 Å². The molecule has 1 atom stereocenters. The fourth-order valence-electron chi connectivity index (χ4n) is 1.89. The van der Waals surface area contributed by atoms with Crippen LogP contribution in [0.2, 0.25) is 0 Å². The Morgan fingerprint density at radius 1 is 1.23 bits per heavy atom. The lowest BCUT2D eigenvalue weighted by Crippen LogP contribution is -2.43. The van der Waals surface area contributed by atoms with E-state index in [1.54, 1.807) is 0 Å². The van der Waals surface area contributed by atoms with Crippen molar-refractivity contribution < 1.29 is 14.3 Å². The molecular formula is C18H27NO3. The van der Waals surface area contributed by atoms with Gasteiger partial charge in [-0.2, -0.15) is 0 Å². The summed E-state index contributed by atoms with van der Waals surface area (Å²) in [5, 5.41) is 2.82. The number of alkyl carbamates (subject to hydrolysis) is 1. The zero-order chi connectivity index (χ0) is 16.8. The predicted octanol–water partition coefficient (Wildman–Crippen LogP) is 4.27. The minimum atomic E-state index is -0.530. The van der Waals surface area contributed by atoms with Crippen molar-refractivity contribution in [2.24, 2.45) is 5.92 Å². The molecule has 0 bridgehead atoms. The van der Waals surface area contributed by atoms with Gasteiger partial charge in [-0.1, -0.05) is 50.8 Å². The van der Waals surface area contributed by atoms with Crippen molar-refractivity contribution in [1.29, 1.82) is 0 Å². The molecule has 0 aliphatic carbocycles. The second-order valence-electron chi connectivity index (χ2n) is 6.61. The van der Waals surface area contributed by atoms with Crippen LogP contribution in [0, 0.1) is 5.92 Å². The lowest BCUT2D eigenvalue weighted by Gasteiger charge is -2.27. The zero-order valence-corrected chi connectivity index (χ0v) is 14.2. The Hall–Kier alpha value is -1.97. The molecule has 0 saturated carbocycles. The van der Waals surface area contributed by atoms with Gasteiger partial charge in [0.1, 0.15) is 18.0 Å². The van der Waals surface area contributed by atoms with Gasteiger partial charge in [-0.15, -0.1) is 0 Å². The van der Waals surface area contributed by atoms with E-state index in [1.807, 2.05) is 65.0 Å². The van der Waals surface area contributed by atoms with Crippen molar-refractivity contribution in [2.75, 3.05) is 0 Å². The lowest BCUT2D eigenvalue weighted by molar-refractivity contribution is 0.0470. The molecule has 0 radical (unpaired) electrons. The third-order valence-electron chi connectivity index (χ3n) is 2.95. The number of carbonyl (C=O) groups excluding carboxylic acids is 1. The van der Waals surface area contributed by atoms with Crippen molar-refractivity contribution in [2.45, 2.75) is 52.9 Å². The minimum Gasteiger partial charge on any atom is -0.492 e. The molecule has 1 rings (SSSR count). The fourth-order valence-corrected chi connectivity index (χ4v) is 1.89. The first kappa shape index (κ1) is 18.1. The molecule has 0 aliphatic heterocycles. The Balaban J connectivity index is 2.58. The summed E-state index contributed by atoms with van der Waals surface area (Å²) in [4.78, 5) is 11.9. The standard InChI is InChI=1S/C18H27NO3/c1-13(2)16(19-17(20)22-18(4,5)6)14(3)21-12-15-10-8-7-9-11-15/h7-11,13,16H,3,12H2,1-2,4-6H3,(H,19,20). The highest BCUT2D eigenvalue weighted by atomic mass is 16.6. The third-order valence-corrected chi connectivity index (χ3v) is 2.95. The molecule has 4 nitrogen and oxygen atoms in total. The van der Waals surface area contributed by atoms with Crippen LogP contribution in [-0.2, 0) is 16.1 Å². The first-order chi connectivity index (χ1) is 10.2. The molecule has 1 aromatic rings. The SMILES string of the molecule is C=C(OCc1ccccc1)C(NC(=O)OC(C)(C)C)C(C)C. The van der Waals surface area contributed by atoms with Gasteiger partial charge in [0.2, 0.25) is 0 Å². The number of nitrogens with one attached hydrogen (secondary N) is 1. The molecule has 0 spiro atoms. The summed E-state index contributed by atoms with van der Waals surface area (Å²) in [7, 11) is 0. The first-order valence-electron chi connectivity index (χ1n) is 7.54. The van der Waals surface area contributed by atoms with E-state index in [9.17, 15) is 4.79 Å². The highest BCUT2D eigenvalue weighted by Crippen LogP contribution is 2.16. The average molecular weight is 305 g/mol. The number of hydrogen-bond acceptors (Lipinski definition) is 3. The van der Waals surface area contributed by atoms with Gasteiger partial charge in [0.25, 0.3) is 0 Å². The summed E-state index contributed by atoms with van der Waals surface area (Å²) in [5.41, 5.74) is 0.529. The minimum absolute atomic E-state index is 0.149. The Kier molecular flexibility index (Phi) is 6.47. The van der Waals surface area contributed by atoms with Crippen LogP contribution in [0.25, 0.3) is 0 Å². The van der Waals surface area contributed by atoms with Gasteiger partial charge in [0.05, 0.1) is 6.04 Å². The summed E-state index contributed by atoms with van der Waals surface area (Å²) in [6, 6.07) is 9.55. The summed E-state index contributed by atoms with van der Waals surface area (Å²) < 4.78 is 11.0. The molecule has 0 aliphatic rings. The van der Waals surface area contributed by atoms with Crippen molar-refractivity contribution >= 4 is 6.09 Å². The molecule has 122 valence electrons. The van der Waals surface area contributed by atoms with Crippen LogP contribution >= 0.6 is 0 Å². The van der Waals surface area contributed by atoms with Crippen LogP contribution in [0.15, 0.2) is 42.7 Å². The van der Waals surface area contributed by atoms with Gasteiger partial charge in [-0.25, -0.2) is 4.79 Å². The third kappa shape index (κ3) is 6.66. The molecule has 1 N–H and O–H groups in total. The van der Waals surface area contributed by atoms with E-state index in [2.05, 4.69) is 11.9 Å². The van der Waals surface area contributed by atoms with Crippen molar-refractivity contribution in [3.8, 4) is 0 Å². The number of ether oxygens (including phenoxy) is 2. The van der Waals surface area contributed by atoms with Crippen LogP contribution in [0.1, 0.15) is 40.2 Å². The highest BCUT2D eigenvalue weighted by Gasteiger charge is 2.24. The Morgan fingerprint density at radius 2 is 1.82 bits per heavy atom. The van der Waals surface area contributed by atoms with E-state index >= 15 is 0 Å². The number of rotatable bonds is 6. The van der Waals surface area contributed by atoms with Gasteiger partial charge >= 0.3 is 6.09 Å².